The summed E-state index contributed by atoms with van der Waals surface area (Å²) in [6, 6.07) is 28.6. The number of aromatic nitrogens is 2. The van der Waals surface area contributed by atoms with Gasteiger partial charge in [-0.15, -0.1) is 0 Å². The Balaban J connectivity index is 1.60. The van der Waals surface area contributed by atoms with Crippen molar-refractivity contribution in [2.45, 2.75) is 39.3 Å². The Morgan fingerprint density at radius 1 is 0.950 bits per heavy atom. The lowest BCUT2D eigenvalue weighted by Crippen LogP contribution is -2.66. The molecule has 0 saturated heterocycles. The van der Waals surface area contributed by atoms with Crippen molar-refractivity contribution >= 4 is 30.3 Å². The lowest BCUT2D eigenvalue weighted by Gasteiger charge is -2.43. The molecule has 5 nitrogen and oxygen atoms in total. The second-order valence-corrected chi connectivity index (χ2v) is 15.5. The van der Waals surface area contributed by atoms with Gasteiger partial charge in [-0.2, -0.15) is 0 Å². The van der Waals surface area contributed by atoms with Crippen LogP contribution < -0.4 is 20.7 Å². The van der Waals surface area contributed by atoms with Gasteiger partial charge in [-0.1, -0.05) is 111 Å². The highest BCUT2D eigenvalue weighted by molar-refractivity contribution is 6.99. The SMILES string of the molecule is COc1ccc(Cn2cc(Cl)nc(C#CC(C)CO[Si](c3ccccc3)(c3ccccc3)C(C)(C)C)c2=O)cc1. The second kappa shape index (κ2) is 12.7. The highest BCUT2D eigenvalue weighted by Gasteiger charge is 2.50. The molecule has 1 atom stereocenters. The van der Waals surface area contributed by atoms with Crippen molar-refractivity contribution in [2.24, 2.45) is 5.92 Å². The third-order valence-corrected chi connectivity index (χ3v) is 12.0. The highest BCUT2D eigenvalue weighted by Crippen LogP contribution is 2.37. The van der Waals surface area contributed by atoms with E-state index in [1.807, 2.05) is 43.3 Å². The van der Waals surface area contributed by atoms with E-state index in [1.54, 1.807) is 7.11 Å². The number of halogens is 1. The van der Waals surface area contributed by atoms with Gasteiger partial charge < -0.3 is 13.7 Å². The summed E-state index contributed by atoms with van der Waals surface area (Å²) in [5, 5.41) is 2.51. The summed E-state index contributed by atoms with van der Waals surface area (Å²) in [5.74, 6) is 6.80. The molecule has 0 spiro atoms. The van der Waals surface area contributed by atoms with Crippen LogP contribution in [0.5, 0.6) is 5.75 Å². The van der Waals surface area contributed by atoms with Crippen molar-refractivity contribution in [1.29, 1.82) is 0 Å². The first-order valence-electron chi connectivity index (χ1n) is 13.3. The standard InChI is InChI=1S/C33H35ClN2O3Si/c1-25(16-21-30-32(37)36(23-31(34)35-30)22-26-17-19-27(38-5)20-18-26)24-39-40(33(2,3)4,28-12-8-6-9-13-28)29-14-10-7-11-15-29/h6-15,17-20,23,25H,22,24H2,1-5H3. The fraction of sp³-hybridized carbons (Fsp3) is 0.273. The molecule has 0 aliphatic carbocycles. The van der Waals surface area contributed by atoms with Crippen LogP contribution >= 0.6 is 11.6 Å². The topological polar surface area (TPSA) is 53.4 Å². The van der Waals surface area contributed by atoms with E-state index in [4.69, 9.17) is 20.8 Å². The van der Waals surface area contributed by atoms with Gasteiger partial charge in [0.15, 0.2) is 5.69 Å². The monoisotopic (exact) mass is 570 g/mol. The van der Waals surface area contributed by atoms with Gasteiger partial charge in [0.25, 0.3) is 13.9 Å². The molecule has 0 N–H and O–H groups in total. The van der Waals surface area contributed by atoms with Crippen molar-refractivity contribution in [1.82, 2.24) is 9.55 Å². The summed E-state index contributed by atoms with van der Waals surface area (Å²) in [5.41, 5.74) is 0.780. The van der Waals surface area contributed by atoms with E-state index < -0.39 is 8.32 Å². The molecule has 3 aromatic carbocycles. The first-order chi connectivity index (χ1) is 19.1. The van der Waals surface area contributed by atoms with Gasteiger partial charge in [0.2, 0.25) is 0 Å². The summed E-state index contributed by atoms with van der Waals surface area (Å²) in [4.78, 5) is 17.4. The molecular weight excluding hydrogens is 536 g/mol. The van der Waals surface area contributed by atoms with Gasteiger partial charge in [-0.05, 0) is 46.0 Å². The average Bonchev–Trinajstić information content (AvgIpc) is 2.95. The first-order valence-corrected chi connectivity index (χ1v) is 15.6. The van der Waals surface area contributed by atoms with Gasteiger partial charge >= 0.3 is 0 Å². The van der Waals surface area contributed by atoms with Gasteiger partial charge in [-0.25, -0.2) is 4.98 Å². The second-order valence-electron chi connectivity index (χ2n) is 10.8. The van der Waals surface area contributed by atoms with Crippen LogP contribution in [0.4, 0.5) is 0 Å². The zero-order valence-electron chi connectivity index (χ0n) is 23.6. The minimum atomic E-state index is -2.68. The molecule has 1 heterocycles. The van der Waals surface area contributed by atoms with Crippen LogP contribution in [-0.2, 0) is 11.0 Å². The van der Waals surface area contributed by atoms with Gasteiger partial charge in [0.05, 0.1) is 13.7 Å². The summed E-state index contributed by atoms with van der Waals surface area (Å²) in [7, 11) is -1.06. The zero-order chi connectivity index (χ0) is 28.8. The molecule has 0 aliphatic heterocycles. The normalized spacial score (nSPS) is 12.3. The molecule has 0 saturated carbocycles. The Hall–Kier alpha value is -3.63. The Morgan fingerprint density at radius 3 is 2.05 bits per heavy atom. The van der Waals surface area contributed by atoms with E-state index in [9.17, 15) is 4.79 Å². The van der Waals surface area contributed by atoms with E-state index in [-0.39, 0.29) is 27.4 Å². The van der Waals surface area contributed by atoms with Crippen LogP contribution in [0, 0.1) is 17.8 Å². The smallest absolute Gasteiger partial charge is 0.285 e. The van der Waals surface area contributed by atoms with Crippen LogP contribution in [0.1, 0.15) is 39.0 Å². The maximum Gasteiger partial charge on any atom is 0.285 e. The van der Waals surface area contributed by atoms with Crippen molar-refractivity contribution in [3.8, 4) is 17.6 Å². The number of methoxy groups -OCH3 is 1. The Morgan fingerprint density at radius 2 is 1.52 bits per heavy atom. The van der Waals surface area contributed by atoms with Crippen LogP contribution in [-0.4, -0.2) is 31.6 Å². The third-order valence-electron chi connectivity index (χ3n) is 6.86. The Bertz CT molecular complexity index is 1500. The summed E-state index contributed by atoms with van der Waals surface area (Å²) >= 11 is 6.28. The van der Waals surface area contributed by atoms with E-state index in [2.05, 4.69) is 86.1 Å². The molecule has 206 valence electrons. The minimum absolute atomic E-state index is 0.123. The van der Waals surface area contributed by atoms with E-state index >= 15 is 0 Å². The number of hydrogen-bond donors (Lipinski definition) is 0. The molecule has 0 aliphatic rings. The van der Waals surface area contributed by atoms with E-state index in [0.29, 0.717) is 13.2 Å². The number of ether oxygens (including phenoxy) is 1. The number of hydrogen-bond acceptors (Lipinski definition) is 4. The molecule has 0 radical (unpaired) electrons. The number of benzene rings is 3. The summed E-state index contributed by atoms with van der Waals surface area (Å²) < 4.78 is 13.7. The molecule has 0 amide bonds. The molecule has 1 unspecified atom stereocenters. The van der Waals surface area contributed by atoms with Gasteiger partial charge in [0.1, 0.15) is 10.9 Å². The maximum absolute atomic E-state index is 13.2. The third kappa shape index (κ3) is 6.56. The first kappa shape index (κ1) is 29.4. The lowest BCUT2D eigenvalue weighted by molar-refractivity contribution is 0.271. The Kier molecular flexibility index (Phi) is 9.31. The minimum Gasteiger partial charge on any atom is -0.497 e. The van der Waals surface area contributed by atoms with Gasteiger partial charge in [-0.3, -0.25) is 4.79 Å². The molecule has 0 fully saturated rings. The quantitative estimate of drug-likeness (QED) is 0.207. The highest BCUT2D eigenvalue weighted by atomic mass is 35.5. The zero-order valence-corrected chi connectivity index (χ0v) is 25.4. The van der Waals surface area contributed by atoms with Crippen molar-refractivity contribution in [3.63, 3.8) is 0 Å². The fourth-order valence-electron chi connectivity index (χ4n) is 4.88. The molecule has 0 bridgehead atoms. The summed E-state index contributed by atoms with van der Waals surface area (Å²) in [6.45, 7) is 9.52. The van der Waals surface area contributed by atoms with Crippen LogP contribution in [0.3, 0.4) is 0 Å². The van der Waals surface area contributed by atoms with Crippen LogP contribution in [0.25, 0.3) is 0 Å². The molecule has 40 heavy (non-hydrogen) atoms. The number of nitrogens with zero attached hydrogens (tertiary/aromatic N) is 2. The molecule has 1 aromatic heterocycles. The molecule has 4 rings (SSSR count). The van der Waals surface area contributed by atoms with Crippen molar-refractivity contribution < 1.29 is 9.16 Å². The molecular formula is C33H35ClN2O3Si. The predicted molar refractivity (Wildman–Crippen MR) is 165 cm³/mol. The van der Waals surface area contributed by atoms with Crippen molar-refractivity contribution in [3.05, 3.63) is 118 Å². The van der Waals surface area contributed by atoms with Gasteiger partial charge in [0, 0.05) is 18.7 Å². The van der Waals surface area contributed by atoms with Crippen molar-refractivity contribution in [2.75, 3.05) is 13.7 Å². The van der Waals surface area contributed by atoms with Crippen LogP contribution in [0.15, 0.2) is 95.9 Å². The predicted octanol–water partition coefficient (Wildman–Crippen LogP) is 5.52. The van der Waals surface area contributed by atoms with E-state index in [1.165, 1.54) is 21.1 Å². The summed E-state index contributed by atoms with van der Waals surface area (Å²) in [6.07, 6.45) is 1.54. The Labute approximate surface area is 242 Å². The molecule has 7 heteroatoms. The lowest BCUT2D eigenvalue weighted by atomic mass is 10.2. The molecule has 4 aromatic rings. The average molecular weight is 571 g/mol. The number of rotatable bonds is 8. The van der Waals surface area contributed by atoms with E-state index in [0.717, 1.165) is 11.3 Å². The fourth-order valence-corrected chi connectivity index (χ4v) is 9.74. The largest absolute Gasteiger partial charge is 0.497 e. The van der Waals surface area contributed by atoms with Crippen LogP contribution in [0.2, 0.25) is 10.2 Å². The maximum atomic E-state index is 13.2.